The van der Waals surface area contributed by atoms with Crippen molar-refractivity contribution < 1.29 is 4.79 Å². The maximum absolute atomic E-state index is 12.7. The predicted molar refractivity (Wildman–Crippen MR) is 80.1 cm³/mol. The molecule has 2 saturated carbocycles. The number of hydrogen-bond donors (Lipinski definition) is 1. The fourth-order valence-corrected chi connectivity index (χ4v) is 3.26. The third-order valence-corrected chi connectivity index (χ3v) is 4.53. The van der Waals surface area contributed by atoms with E-state index >= 15 is 0 Å². The molecule has 3 nitrogen and oxygen atoms in total. The van der Waals surface area contributed by atoms with Crippen LogP contribution in [0.3, 0.4) is 0 Å². The minimum atomic E-state index is 0.162. The van der Waals surface area contributed by atoms with Crippen LogP contribution < -0.4 is 5.73 Å². The zero-order valence-electron chi connectivity index (χ0n) is 12.2. The summed E-state index contributed by atoms with van der Waals surface area (Å²) in [5.41, 5.74) is 8.46. The van der Waals surface area contributed by atoms with Crippen molar-refractivity contribution in [3.63, 3.8) is 0 Å². The van der Waals surface area contributed by atoms with Crippen molar-refractivity contribution in [2.24, 2.45) is 11.7 Å². The van der Waals surface area contributed by atoms with Gasteiger partial charge in [-0.3, -0.25) is 4.79 Å². The molecule has 3 rings (SSSR count). The number of benzene rings is 1. The maximum Gasteiger partial charge on any atom is 0.226 e. The van der Waals surface area contributed by atoms with E-state index in [1.54, 1.807) is 0 Å². The molecule has 1 amide bonds. The lowest BCUT2D eigenvalue weighted by Gasteiger charge is -2.26. The minimum Gasteiger partial charge on any atom is -0.335 e. The van der Waals surface area contributed by atoms with E-state index in [0.29, 0.717) is 11.9 Å². The highest BCUT2D eigenvalue weighted by Gasteiger charge is 2.38. The highest BCUT2D eigenvalue weighted by atomic mass is 16.2. The second kappa shape index (κ2) is 5.57. The molecule has 2 atom stereocenters. The quantitative estimate of drug-likeness (QED) is 0.916. The van der Waals surface area contributed by atoms with Crippen LogP contribution in [0.1, 0.15) is 43.2 Å². The van der Waals surface area contributed by atoms with Crippen molar-refractivity contribution in [2.75, 3.05) is 0 Å². The fourth-order valence-electron chi connectivity index (χ4n) is 3.26. The monoisotopic (exact) mass is 272 g/mol. The Labute approximate surface area is 121 Å². The van der Waals surface area contributed by atoms with Crippen molar-refractivity contribution in [3.8, 4) is 0 Å². The van der Waals surface area contributed by atoms with E-state index in [-0.39, 0.29) is 12.0 Å². The summed E-state index contributed by atoms with van der Waals surface area (Å²) in [4.78, 5) is 14.8. The zero-order chi connectivity index (χ0) is 14.1. The Morgan fingerprint density at radius 2 is 2.10 bits per heavy atom. The standard InChI is InChI=1S/C17H24N2O/c1-12-3-2-4-13(9-12)11-19(16-7-8-16)17(20)14-5-6-15(18)10-14/h2-4,9,14-16H,5-8,10-11,18H2,1H3/t14-,15+/m1/s1. The summed E-state index contributed by atoms with van der Waals surface area (Å²) in [7, 11) is 0. The van der Waals surface area contributed by atoms with Crippen molar-refractivity contribution in [3.05, 3.63) is 35.4 Å². The van der Waals surface area contributed by atoms with E-state index in [1.165, 1.54) is 11.1 Å². The predicted octanol–water partition coefficient (Wildman–Crippen LogP) is 2.61. The first-order chi connectivity index (χ1) is 9.63. The number of carbonyl (C=O) groups excluding carboxylic acids is 1. The van der Waals surface area contributed by atoms with E-state index in [2.05, 4.69) is 36.1 Å². The first-order valence-electron chi connectivity index (χ1n) is 7.75. The summed E-state index contributed by atoms with van der Waals surface area (Å²) in [6, 6.07) is 9.18. The summed E-state index contributed by atoms with van der Waals surface area (Å²) in [6.45, 7) is 2.86. The number of nitrogens with zero attached hydrogens (tertiary/aromatic N) is 1. The lowest BCUT2D eigenvalue weighted by molar-refractivity contribution is -0.136. The highest BCUT2D eigenvalue weighted by Crippen LogP contribution is 2.33. The molecule has 20 heavy (non-hydrogen) atoms. The van der Waals surface area contributed by atoms with Gasteiger partial charge in [0, 0.05) is 24.5 Å². The average molecular weight is 272 g/mol. The van der Waals surface area contributed by atoms with Crippen LogP contribution in [0.2, 0.25) is 0 Å². The largest absolute Gasteiger partial charge is 0.335 e. The van der Waals surface area contributed by atoms with E-state index in [9.17, 15) is 4.79 Å². The Morgan fingerprint density at radius 3 is 2.70 bits per heavy atom. The SMILES string of the molecule is Cc1cccc(CN(C(=O)[C@@H]2CC[C@H](N)C2)C2CC2)c1. The number of amides is 1. The molecule has 0 aliphatic heterocycles. The van der Waals surface area contributed by atoms with Crippen LogP contribution in [0.4, 0.5) is 0 Å². The normalized spacial score (nSPS) is 25.7. The Morgan fingerprint density at radius 1 is 1.30 bits per heavy atom. The Hall–Kier alpha value is -1.35. The third kappa shape index (κ3) is 3.04. The molecule has 0 aromatic heterocycles. The van der Waals surface area contributed by atoms with Crippen LogP contribution in [-0.4, -0.2) is 22.9 Å². The molecule has 2 fully saturated rings. The van der Waals surface area contributed by atoms with Crippen LogP contribution in [0, 0.1) is 12.8 Å². The molecule has 1 aromatic carbocycles. The lowest BCUT2D eigenvalue weighted by atomic mass is 10.0. The van der Waals surface area contributed by atoms with Gasteiger partial charge in [-0.25, -0.2) is 0 Å². The molecular weight excluding hydrogens is 248 g/mol. The maximum atomic E-state index is 12.7. The van der Waals surface area contributed by atoms with Gasteiger partial charge in [-0.2, -0.15) is 0 Å². The highest BCUT2D eigenvalue weighted by molar-refractivity contribution is 5.80. The number of aryl methyl sites for hydroxylation is 1. The fraction of sp³-hybridized carbons (Fsp3) is 0.588. The number of rotatable bonds is 4. The van der Waals surface area contributed by atoms with E-state index in [1.807, 2.05) is 0 Å². The van der Waals surface area contributed by atoms with E-state index in [4.69, 9.17) is 5.73 Å². The molecule has 2 aliphatic carbocycles. The second-order valence-corrected chi connectivity index (χ2v) is 6.46. The van der Waals surface area contributed by atoms with E-state index in [0.717, 1.165) is 38.6 Å². The first-order valence-corrected chi connectivity index (χ1v) is 7.75. The van der Waals surface area contributed by atoms with Gasteiger partial charge < -0.3 is 10.6 Å². The van der Waals surface area contributed by atoms with Crippen molar-refractivity contribution in [1.29, 1.82) is 0 Å². The molecule has 2 aliphatic rings. The zero-order valence-corrected chi connectivity index (χ0v) is 12.2. The lowest BCUT2D eigenvalue weighted by Crippen LogP contribution is -2.37. The van der Waals surface area contributed by atoms with Crippen LogP contribution >= 0.6 is 0 Å². The molecule has 0 radical (unpaired) electrons. The van der Waals surface area contributed by atoms with Gasteiger partial charge in [-0.1, -0.05) is 29.8 Å². The summed E-state index contributed by atoms with van der Waals surface area (Å²) < 4.78 is 0. The molecule has 3 heteroatoms. The molecule has 108 valence electrons. The minimum absolute atomic E-state index is 0.162. The van der Waals surface area contributed by atoms with Crippen molar-refractivity contribution >= 4 is 5.91 Å². The Kier molecular flexibility index (Phi) is 3.79. The number of carbonyl (C=O) groups is 1. The number of hydrogen-bond acceptors (Lipinski definition) is 2. The molecule has 2 N–H and O–H groups in total. The number of nitrogens with two attached hydrogens (primary N) is 1. The molecule has 0 saturated heterocycles. The molecule has 0 heterocycles. The van der Waals surface area contributed by atoms with Gasteiger partial charge in [0.2, 0.25) is 5.91 Å². The van der Waals surface area contributed by atoms with Gasteiger partial charge in [-0.05, 0) is 44.6 Å². The summed E-state index contributed by atoms with van der Waals surface area (Å²) in [5.74, 6) is 0.498. The third-order valence-electron chi connectivity index (χ3n) is 4.53. The molecule has 0 bridgehead atoms. The Balaban J connectivity index is 1.71. The van der Waals surface area contributed by atoms with Crippen molar-refractivity contribution in [1.82, 2.24) is 4.90 Å². The van der Waals surface area contributed by atoms with Crippen LogP contribution in [-0.2, 0) is 11.3 Å². The van der Waals surface area contributed by atoms with Gasteiger partial charge in [0.05, 0.1) is 0 Å². The van der Waals surface area contributed by atoms with Gasteiger partial charge >= 0.3 is 0 Å². The van der Waals surface area contributed by atoms with Crippen LogP contribution in [0.25, 0.3) is 0 Å². The van der Waals surface area contributed by atoms with Crippen molar-refractivity contribution in [2.45, 2.75) is 57.7 Å². The van der Waals surface area contributed by atoms with E-state index < -0.39 is 0 Å². The first kappa shape index (κ1) is 13.6. The van der Waals surface area contributed by atoms with Gasteiger partial charge in [0.25, 0.3) is 0 Å². The molecule has 1 aromatic rings. The Bertz CT molecular complexity index is 496. The average Bonchev–Trinajstić information content (AvgIpc) is 3.17. The topological polar surface area (TPSA) is 46.3 Å². The molecular formula is C17H24N2O. The van der Waals surface area contributed by atoms with Gasteiger partial charge in [0.1, 0.15) is 0 Å². The smallest absolute Gasteiger partial charge is 0.226 e. The van der Waals surface area contributed by atoms with Crippen LogP contribution in [0.15, 0.2) is 24.3 Å². The molecule has 0 unspecified atom stereocenters. The second-order valence-electron chi connectivity index (χ2n) is 6.46. The van der Waals surface area contributed by atoms with Gasteiger partial charge in [0.15, 0.2) is 0 Å². The molecule has 0 spiro atoms. The van der Waals surface area contributed by atoms with Gasteiger partial charge in [-0.15, -0.1) is 0 Å². The summed E-state index contributed by atoms with van der Waals surface area (Å²) >= 11 is 0. The summed E-state index contributed by atoms with van der Waals surface area (Å²) in [6.07, 6.45) is 5.17. The summed E-state index contributed by atoms with van der Waals surface area (Å²) in [5, 5.41) is 0. The van der Waals surface area contributed by atoms with Crippen LogP contribution in [0.5, 0.6) is 0 Å².